The van der Waals surface area contributed by atoms with E-state index in [1.54, 1.807) is 12.1 Å². The number of alkyl halides is 3. The van der Waals surface area contributed by atoms with Crippen LogP contribution in [-0.2, 0) is 0 Å². The lowest BCUT2D eigenvalue weighted by Gasteiger charge is -2.12. The van der Waals surface area contributed by atoms with Gasteiger partial charge in [0.1, 0.15) is 0 Å². The standard InChI is InChI=1S/C11H14ClF3N2/c1-7-5-9(16)8(12)6-10(7)17-4-2-3-11(13,14)15/h5-6,17H,2-4,16H2,1H3. The van der Waals surface area contributed by atoms with Crippen molar-refractivity contribution in [1.29, 1.82) is 0 Å². The zero-order chi connectivity index (χ0) is 13.1. The maximum atomic E-state index is 11.9. The summed E-state index contributed by atoms with van der Waals surface area (Å²) in [4.78, 5) is 0. The van der Waals surface area contributed by atoms with Crippen LogP contribution in [0.5, 0.6) is 0 Å². The molecule has 1 aromatic rings. The molecule has 1 aromatic carbocycles. The molecule has 1 rings (SSSR count). The second-order valence-electron chi connectivity index (χ2n) is 3.83. The van der Waals surface area contributed by atoms with Gasteiger partial charge in [-0.25, -0.2) is 0 Å². The maximum absolute atomic E-state index is 11.9. The van der Waals surface area contributed by atoms with Gasteiger partial charge in [0.2, 0.25) is 0 Å². The average Bonchev–Trinajstić information content (AvgIpc) is 2.18. The molecular formula is C11H14ClF3N2. The smallest absolute Gasteiger partial charge is 0.389 e. The molecule has 0 saturated carbocycles. The fourth-order valence-corrected chi connectivity index (χ4v) is 1.57. The van der Waals surface area contributed by atoms with E-state index in [1.807, 2.05) is 6.92 Å². The molecule has 6 heteroatoms. The normalized spacial score (nSPS) is 11.6. The van der Waals surface area contributed by atoms with Crippen molar-refractivity contribution >= 4 is 23.0 Å². The number of halogens is 4. The number of hydrogen-bond donors (Lipinski definition) is 2. The van der Waals surface area contributed by atoms with Crippen molar-refractivity contribution in [3.05, 3.63) is 22.7 Å². The Morgan fingerprint density at radius 3 is 2.59 bits per heavy atom. The highest BCUT2D eigenvalue weighted by atomic mass is 35.5. The van der Waals surface area contributed by atoms with Gasteiger partial charge in [0.25, 0.3) is 0 Å². The largest absolute Gasteiger partial charge is 0.398 e. The zero-order valence-electron chi connectivity index (χ0n) is 9.37. The van der Waals surface area contributed by atoms with Crippen LogP contribution in [0, 0.1) is 6.92 Å². The molecule has 0 aliphatic rings. The molecule has 3 N–H and O–H groups in total. The van der Waals surface area contributed by atoms with E-state index in [-0.39, 0.29) is 13.0 Å². The third kappa shape index (κ3) is 4.73. The lowest BCUT2D eigenvalue weighted by atomic mass is 10.1. The van der Waals surface area contributed by atoms with Crippen molar-refractivity contribution in [2.75, 3.05) is 17.6 Å². The van der Waals surface area contributed by atoms with E-state index in [2.05, 4.69) is 5.32 Å². The highest BCUT2D eigenvalue weighted by Crippen LogP contribution is 2.27. The Morgan fingerprint density at radius 2 is 2.00 bits per heavy atom. The lowest BCUT2D eigenvalue weighted by Crippen LogP contribution is -2.11. The SMILES string of the molecule is Cc1cc(N)c(Cl)cc1NCCCC(F)(F)F. The minimum absolute atomic E-state index is 0.0327. The van der Waals surface area contributed by atoms with Crippen LogP contribution in [0.15, 0.2) is 12.1 Å². The molecule has 0 atom stereocenters. The second-order valence-corrected chi connectivity index (χ2v) is 4.24. The summed E-state index contributed by atoms with van der Waals surface area (Å²) in [5.74, 6) is 0. The molecule has 17 heavy (non-hydrogen) atoms. The highest BCUT2D eigenvalue weighted by Gasteiger charge is 2.25. The number of benzene rings is 1. The van der Waals surface area contributed by atoms with Crippen LogP contribution in [0.1, 0.15) is 18.4 Å². The quantitative estimate of drug-likeness (QED) is 0.639. The first-order valence-electron chi connectivity index (χ1n) is 5.16. The first-order valence-corrected chi connectivity index (χ1v) is 5.53. The van der Waals surface area contributed by atoms with E-state index in [0.29, 0.717) is 16.4 Å². The lowest BCUT2D eigenvalue weighted by molar-refractivity contribution is -0.134. The van der Waals surface area contributed by atoms with Crippen LogP contribution >= 0.6 is 11.6 Å². The predicted octanol–water partition coefficient (Wildman–Crippen LogP) is 3.99. The molecule has 0 unspecified atom stereocenters. The summed E-state index contributed by atoms with van der Waals surface area (Å²) in [6.07, 6.45) is -4.86. The first kappa shape index (κ1) is 14.0. The molecule has 0 aliphatic carbocycles. The van der Waals surface area contributed by atoms with Crippen molar-refractivity contribution in [1.82, 2.24) is 0 Å². The van der Waals surface area contributed by atoms with Gasteiger partial charge in [0, 0.05) is 18.7 Å². The minimum atomic E-state index is -4.10. The van der Waals surface area contributed by atoms with Crippen molar-refractivity contribution in [2.45, 2.75) is 25.9 Å². The van der Waals surface area contributed by atoms with Crippen LogP contribution in [0.3, 0.4) is 0 Å². The van der Waals surface area contributed by atoms with Crippen molar-refractivity contribution in [3.63, 3.8) is 0 Å². The molecule has 96 valence electrons. The van der Waals surface area contributed by atoms with Crippen LogP contribution in [0.4, 0.5) is 24.5 Å². The van der Waals surface area contributed by atoms with Crippen molar-refractivity contribution in [3.8, 4) is 0 Å². The van der Waals surface area contributed by atoms with Gasteiger partial charge in [-0.3, -0.25) is 0 Å². The van der Waals surface area contributed by atoms with E-state index >= 15 is 0 Å². The summed E-state index contributed by atoms with van der Waals surface area (Å²) >= 11 is 5.83. The Hall–Kier alpha value is -1.10. The fraction of sp³-hybridized carbons (Fsp3) is 0.455. The molecule has 0 spiro atoms. The number of nitrogens with one attached hydrogen (secondary N) is 1. The molecule has 0 heterocycles. The fourth-order valence-electron chi connectivity index (χ4n) is 1.41. The zero-order valence-corrected chi connectivity index (χ0v) is 10.1. The number of nitrogen functional groups attached to an aromatic ring is 1. The van der Waals surface area contributed by atoms with E-state index in [9.17, 15) is 13.2 Å². The number of hydrogen-bond acceptors (Lipinski definition) is 2. The van der Waals surface area contributed by atoms with E-state index in [0.717, 1.165) is 5.56 Å². The Kier molecular flexibility index (Phi) is 4.51. The Balaban J connectivity index is 2.50. The summed E-state index contributed by atoms with van der Waals surface area (Å²) in [6, 6.07) is 3.31. The minimum Gasteiger partial charge on any atom is -0.398 e. The molecule has 0 bridgehead atoms. The summed E-state index contributed by atoms with van der Waals surface area (Å²) in [6.45, 7) is 2.07. The Labute approximate surface area is 103 Å². The Bertz CT molecular complexity index is 391. The molecule has 0 amide bonds. The molecule has 0 aliphatic heterocycles. The summed E-state index contributed by atoms with van der Waals surface area (Å²) in [5, 5.41) is 3.31. The average molecular weight is 267 g/mol. The van der Waals surface area contributed by atoms with Gasteiger partial charge in [0.05, 0.1) is 10.7 Å². The maximum Gasteiger partial charge on any atom is 0.389 e. The number of nitrogens with two attached hydrogens (primary N) is 1. The van der Waals surface area contributed by atoms with Crippen LogP contribution in [-0.4, -0.2) is 12.7 Å². The van der Waals surface area contributed by atoms with Crippen LogP contribution in [0.25, 0.3) is 0 Å². The monoisotopic (exact) mass is 266 g/mol. The van der Waals surface area contributed by atoms with Crippen molar-refractivity contribution in [2.24, 2.45) is 0 Å². The molecule has 0 saturated heterocycles. The van der Waals surface area contributed by atoms with E-state index < -0.39 is 12.6 Å². The Morgan fingerprint density at radius 1 is 1.35 bits per heavy atom. The van der Waals surface area contributed by atoms with Gasteiger partial charge in [0.15, 0.2) is 0 Å². The predicted molar refractivity (Wildman–Crippen MR) is 64.4 cm³/mol. The number of rotatable bonds is 4. The summed E-state index contributed by atoms with van der Waals surface area (Å²) in [7, 11) is 0. The molecule has 2 nitrogen and oxygen atoms in total. The summed E-state index contributed by atoms with van der Waals surface area (Å²) in [5.41, 5.74) is 7.63. The second kappa shape index (κ2) is 5.49. The number of anilines is 2. The van der Waals surface area contributed by atoms with Gasteiger partial charge in [-0.15, -0.1) is 0 Å². The third-order valence-corrected chi connectivity index (χ3v) is 2.62. The van der Waals surface area contributed by atoms with Crippen LogP contribution < -0.4 is 11.1 Å². The van der Waals surface area contributed by atoms with Gasteiger partial charge in [-0.05, 0) is 31.0 Å². The number of aryl methyl sites for hydroxylation is 1. The first-order chi connectivity index (χ1) is 7.79. The van der Waals surface area contributed by atoms with Crippen LogP contribution in [0.2, 0.25) is 5.02 Å². The van der Waals surface area contributed by atoms with Gasteiger partial charge >= 0.3 is 6.18 Å². The topological polar surface area (TPSA) is 38.0 Å². The van der Waals surface area contributed by atoms with Gasteiger partial charge < -0.3 is 11.1 Å². The molecule has 0 radical (unpaired) electrons. The third-order valence-electron chi connectivity index (χ3n) is 2.30. The van der Waals surface area contributed by atoms with Gasteiger partial charge in [-0.2, -0.15) is 13.2 Å². The van der Waals surface area contributed by atoms with Crippen molar-refractivity contribution < 1.29 is 13.2 Å². The summed E-state index contributed by atoms with van der Waals surface area (Å²) < 4.78 is 35.7. The van der Waals surface area contributed by atoms with E-state index in [1.165, 1.54) is 0 Å². The molecular weight excluding hydrogens is 253 g/mol. The highest BCUT2D eigenvalue weighted by molar-refractivity contribution is 6.33. The van der Waals surface area contributed by atoms with E-state index in [4.69, 9.17) is 17.3 Å². The molecule has 0 fully saturated rings. The molecule has 0 aromatic heterocycles. The van der Waals surface area contributed by atoms with Gasteiger partial charge in [-0.1, -0.05) is 11.6 Å².